The van der Waals surface area contributed by atoms with E-state index in [2.05, 4.69) is 16.8 Å². The maximum absolute atomic E-state index is 10.3. The first-order chi connectivity index (χ1) is 12.8. The van der Waals surface area contributed by atoms with Gasteiger partial charge in [-0.3, -0.25) is 0 Å². The summed E-state index contributed by atoms with van der Waals surface area (Å²) in [7, 11) is 0. The summed E-state index contributed by atoms with van der Waals surface area (Å²) >= 11 is 5.87. The summed E-state index contributed by atoms with van der Waals surface area (Å²) in [5.41, 5.74) is 6.57. The first-order valence-electron chi connectivity index (χ1n) is 8.71. The average Bonchev–Trinajstić information content (AvgIpc) is 2.61. The topological polar surface area (TPSA) is 96.4 Å². The number of hydrogen-bond acceptors (Lipinski definition) is 4. The van der Waals surface area contributed by atoms with Gasteiger partial charge in [0.05, 0.1) is 0 Å². The Hall–Kier alpha value is -2.39. The fourth-order valence-corrected chi connectivity index (χ4v) is 3.02. The Kier molecular flexibility index (Phi) is 7.37. The molecule has 3 rings (SSSR count). The molecule has 0 amide bonds. The molecule has 0 aliphatic heterocycles. The van der Waals surface area contributed by atoms with Gasteiger partial charge in [0.15, 0.2) is 0 Å². The lowest BCUT2D eigenvalue weighted by Gasteiger charge is -2.30. The number of carboxylic acids is 1. The van der Waals surface area contributed by atoms with Crippen molar-refractivity contribution in [3.63, 3.8) is 0 Å². The van der Waals surface area contributed by atoms with Crippen LogP contribution in [0.4, 0.5) is 0 Å². The van der Waals surface area contributed by atoms with Crippen molar-refractivity contribution in [2.45, 2.75) is 44.2 Å². The van der Waals surface area contributed by atoms with Crippen LogP contribution in [0.25, 0.3) is 0 Å². The molecule has 142 valence electrons. The molecule has 2 aromatic rings. The van der Waals surface area contributed by atoms with E-state index in [-0.39, 0.29) is 11.7 Å². The van der Waals surface area contributed by atoms with Gasteiger partial charge >= 0.3 is 5.97 Å². The van der Waals surface area contributed by atoms with Gasteiger partial charge in [0.2, 0.25) is 0 Å². The number of aryl methyl sites for hydroxylation is 1. The Labute approximate surface area is 164 Å². The van der Waals surface area contributed by atoms with Crippen LogP contribution in [-0.2, 0) is 0 Å². The summed E-state index contributed by atoms with van der Waals surface area (Å²) in [6, 6.07) is 12.3. The summed E-state index contributed by atoms with van der Waals surface area (Å²) in [6.45, 7) is 1.76. The van der Waals surface area contributed by atoms with Crippen LogP contribution < -0.4 is 5.73 Å². The van der Waals surface area contributed by atoms with Crippen molar-refractivity contribution in [3.8, 4) is 11.8 Å². The largest absolute Gasteiger partial charge is 0.477 e. The predicted molar refractivity (Wildman–Crippen MR) is 106 cm³/mol. The molecule has 0 unspecified atom stereocenters. The maximum Gasteiger partial charge on any atom is 0.354 e. The standard InChI is InChI=1S/C14H16ClNO.C7H7NO2/c15-12-4-1-3-11(9-12)6-8-14(17)7-2-5-13(16)10-14;1-5-3-2-4-6(8-5)7(9)10/h1,3-4,9,13,17H,2,5,7,10,16H2;2-4H,1H3,(H,9,10)/t13-,14+;/m0./s1. The molecular formula is C21H23ClN2O3. The molecule has 1 aliphatic rings. The first-order valence-corrected chi connectivity index (χ1v) is 9.09. The molecule has 4 N–H and O–H groups in total. The van der Waals surface area contributed by atoms with Crippen molar-refractivity contribution in [3.05, 3.63) is 64.4 Å². The van der Waals surface area contributed by atoms with E-state index >= 15 is 0 Å². The van der Waals surface area contributed by atoms with Crippen LogP contribution >= 0.6 is 11.6 Å². The van der Waals surface area contributed by atoms with Crippen LogP contribution in [0.1, 0.15) is 47.4 Å². The molecule has 5 nitrogen and oxygen atoms in total. The number of benzene rings is 1. The van der Waals surface area contributed by atoms with E-state index in [1.54, 1.807) is 31.2 Å². The third-order valence-electron chi connectivity index (χ3n) is 4.14. The van der Waals surface area contributed by atoms with E-state index in [9.17, 15) is 9.90 Å². The Morgan fingerprint density at radius 1 is 1.33 bits per heavy atom. The summed E-state index contributed by atoms with van der Waals surface area (Å²) in [4.78, 5) is 14.1. The van der Waals surface area contributed by atoms with Crippen LogP contribution in [0.3, 0.4) is 0 Å². The van der Waals surface area contributed by atoms with Crippen LogP contribution in [0.5, 0.6) is 0 Å². The Morgan fingerprint density at radius 3 is 2.67 bits per heavy atom. The SMILES string of the molecule is Cc1cccc(C(=O)O)n1.N[C@H]1CCC[C@@](O)(C#Cc2cccc(Cl)c2)C1. The molecule has 0 bridgehead atoms. The fourth-order valence-electron chi connectivity index (χ4n) is 2.82. The summed E-state index contributed by atoms with van der Waals surface area (Å²) in [6.07, 6.45) is 3.16. The molecule has 1 saturated carbocycles. The van der Waals surface area contributed by atoms with Crippen molar-refractivity contribution in [2.24, 2.45) is 5.73 Å². The molecule has 27 heavy (non-hydrogen) atoms. The number of aliphatic hydroxyl groups is 1. The van der Waals surface area contributed by atoms with Gasteiger partial charge in [-0.25, -0.2) is 9.78 Å². The highest BCUT2D eigenvalue weighted by atomic mass is 35.5. The lowest BCUT2D eigenvalue weighted by molar-refractivity contribution is 0.0532. The smallest absolute Gasteiger partial charge is 0.354 e. The average molecular weight is 387 g/mol. The molecule has 1 aliphatic carbocycles. The van der Waals surface area contributed by atoms with Gasteiger partial charge in [-0.2, -0.15) is 0 Å². The van der Waals surface area contributed by atoms with Crippen LogP contribution in [-0.4, -0.2) is 32.8 Å². The summed E-state index contributed by atoms with van der Waals surface area (Å²) < 4.78 is 0. The van der Waals surface area contributed by atoms with Crippen LogP contribution in [0, 0.1) is 18.8 Å². The third kappa shape index (κ3) is 7.03. The number of aromatic carboxylic acids is 1. The second-order valence-corrected chi connectivity index (χ2v) is 7.05. The number of halogens is 1. The molecule has 2 atom stereocenters. The van der Waals surface area contributed by atoms with Gasteiger partial charge in [0.1, 0.15) is 11.3 Å². The van der Waals surface area contributed by atoms with Crippen molar-refractivity contribution in [2.75, 3.05) is 0 Å². The number of rotatable bonds is 1. The van der Waals surface area contributed by atoms with Gasteiger partial charge < -0.3 is 15.9 Å². The van der Waals surface area contributed by atoms with Gasteiger partial charge in [0, 0.05) is 28.7 Å². The number of carbonyl (C=O) groups is 1. The van der Waals surface area contributed by atoms with Crippen molar-refractivity contribution < 1.29 is 15.0 Å². The summed E-state index contributed by atoms with van der Waals surface area (Å²) in [5, 5.41) is 19.4. The van der Waals surface area contributed by atoms with Gasteiger partial charge in [-0.05, 0) is 56.5 Å². The Bertz CT molecular complexity index is 860. The van der Waals surface area contributed by atoms with Gasteiger partial charge in [-0.15, -0.1) is 0 Å². The zero-order chi connectivity index (χ0) is 19.9. The fraction of sp³-hybridized carbons (Fsp3) is 0.333. The van der Waals surface area contributed by atoms with E-state index in [4.69, 9.17) is 22.4 Å². The van der Waals surface area contributed by atoms with E-state index in [0.717, 1.165) is 24.1 Å². The van der Waals surface area contributed by atoms with Crippen LogP contribution in [0.15, 0.2) is 42.5 Å². The zero-order valence-corrected chi connectivity index (χ0v) is 15.9. The molecule has 1 heterocycles. The Balaban J connectivity index is 0.000000223. The van der Waals surface area contributed by atoms with Crippen molar-refractivity contribution in [1.82, 2.24) is 4.98 Å². The predicted octanol–water partition coefficient (Wildman–Crippen LogP) is 3.41. The second kappa shape index (κ2) is 9.52. The van der Waals surface area contributed by atoms with E-state index in [1.807, 2.05) is 12.1 Å². The monoisotopic (exact) mass is 386 g/mol. The molecule has 1 aromatic carbocycles. The van der Waals surface area contributed by atoms with Crippen LogP contribution in [0.2, 0.25) is 5.02 Å². The molecule has 0 spiro atoms. The van der Waals surface area contributed by atoms with Gasteiger partial charge in [-0.1, -0.05) is 35.6 Å². The number of aromatic nitrogens is 1. The highest BCUT2D eigenvalue weighted by Gasteiger charge is 2.30. The molecule has 0 saturated heterocycles. The quantitative estimate of drug-likeness (QED) is 0.652. The maximum atomic E-state index is 10.3. The number of carboxylic acid groups (broad SMARTS) is 1. The molecule has 0 radical (unpaired) electrons. The minimum absolute atomic E-state index is 0.0578. The third-order valence-corrected chi connectivity index (χ3v) is 4.37. The number of nitrogens with zero attached hydrogens (tertiary/aromatic N) is 1. The molecule has 1 aromatic heterocycles. The second-order valence-electron chi connectivity index (χ2n) is 6.62. The summed E-state index contributed by atoms with van der Waals surface area (Å²) in [5.74, 6) is 4.93. The highest BCUT2D eigenvalue weighted by Crippen LogP contribution is 2.26. The van der Waals surface area contributed by atoms with Crippen molar-refractivity contribution >= 4 is 17.6 Å². The minimum Gasteiger partial charge on any atom is -0.477 e. The first kappa shape index (κ1) is 20.9. The van der Waals surface area contributed by atoms with E-state index < -0.39 is 11.6 Å². The normalized spacial score (nSPS) is 21.3. The number of pyridine rings is 1. The van der Waals surface area contributed by atoms with Crippen molar-refractivity contribution in [1.29, 1.82) is 0 Å². The van der Waals surface area contributed by atoms with E-state index in [0.29, 0.717) is 17.9 Å². The lowest BCUT2D eigenvalue weighted by atomic mass is 9.82. The van der Waals surface area contributed by atoms with E-state index in [1.165, 1.54) is 6.07 Å². The molecular weight excluding hydrogens is 364 g/mol. The lowest BCUT2D eigenvalue weighted by Crippen LogP contribution is -2.40. The minimum atomic E-state index is -0.983. The number of hydrogen-bond donors (Lipinski definition) is 3. The molecule has 6 heteroatoms. The zero-order valence-electron chi connectivity index (χ0n) is 15.2. The Morgan fingerprint density at radius 2 is 2.07 bits per heavy atom. The van der Waals surface area contributed by atoms with Gasteiger partial charge in [0.25, 0.3) is 0 Å². The highest BCUT2D eigenvalue weighted by molar-refractivity contribution is 6.30. The molecule has 1 fully saturated rings. The number of nitrogens with two attached hydrogens (primary N) is 1.